The topological polar surface area (TPSA) is 0 Å². The van der Waals surface area contributed by atoms with Gasteiger partial charge in [0.05, 0.1) is 0 Å². The average Bonchev–Trinajstić information content (AvgIpc) is 3.85. The first kappa shape index (κ1) is 45.7. The molecule has 70 heavy (non-hydrogen) atoms. The highest BCUT2D eigenvalue weighted by atomic mass is 14.5. The van der Waals surface area contributed by atoms with E-state index in [-0.39, 0.29) is 10.8 Å². The second-order valence-electron chi connectivity index (χ2n) is 20.6. The van der Waals surface area contributed by atoms with Gasteiger partial charge in [-0.3, -0.25) is 0 Å². The lowest BCUT2D eigenvalue weighted by molar-refractivity contribution is 0.408. The first-order valence-corrected chi connectivity index (χ1v) is 26.6. The van der Waals surface area contributed by atoms with Crippen LogP contribution < -0.4 is 0 Å². The maximum Gasteiger partial charge on any atom is 0.0215 e. The number of allylic oxidation sites excluding steroid dienone is 4. The van der Waals surface area contributed by atoms with Gasteiger partial charge in [0.25, 0.3) is 0 Å². The van der Waals surface area contributed by atoms with Crippen LogP contribution in [0.2, 0.25) is 0 Å². The molecule has 11 rings (SSSR count). The summed E-state index contributed by atoms with van der Waals surface area (Å²) in [6.07, 6.45) is 26.7. The van der Waals surface area contributed by atoms with Crippen LogP contribution in [0.3, 0.4) is 0 Å². The quantitative estimate of drug-likeness (QED) is 0.0275. The Kier molecular flexibility index (Phi) is 12.8. The SMILES string of the molecule is C=CCCCCC1(CCCCC=C)c2ccccc2-c2c(-c3ccc4c5ccc(-c6cccc7c6-c6ccccc6C7(CCCCC=C)CCCCC=C)c6cccc(c7cccc3c74)c65)cccc21. The van der Waals surface area contributed by atoms with Crippen molar-refractivity contribution in [2.45, 2.75) is 114 Å². The molecule has 0 amide bonds. The molecule has 2 aliphatic rings. The Bertz CT molecular complexity index is 3140. The monoisotopic (exact) mass is 909 g/mol. The second-order valence-corrected chi connectivity index (χ2v) is 20.6. The van der Waals surface area contributed by atoms with Crippen LogP contribution in [0.1, 0.15) is 125 Å². The van der Waals surface area contributed by atoms with Crippen molar-refractivity contribution >= 4 is 43.1 Å². The summed E-state index contributed by atoms with van der Waals surface area (Å²) in [5, 5.41) is 10.7. The van der Waals surface area contributed by atoms with Crippen molar-refractivity contribution in [2.75, 3.05) is 0 Å². The fourth-order valence-electron chi connectivity index (χ4n) is 13.8. The van der Waals surface area contributed by atoms with Gasteiger partial charge in [-0.15, -0.1) is 26.3 Å². The highest BCUT2D eigenvalue weighted by Crippen LogP contribution is 2.59. The van der Waals surface area contributed by atoms with Crippen LogP contribution in [0.5, 0.6) is 0 Å². The minimum atomic E-state index is -0.0117. The Morgan fingerprint density at radius 1 is 0.271 bits per heavy atom. The summed E-state index contributed by atoms with van der Waals surface area (Å²) < 4.78 is 0. The normalized spacial score (nSPS) is 13.9. The van der Waals surface area contributed by atoms with E-state index < -0.39 is 0 Å². The molecule has 0 atom stereocenters. The number of unbranched alkanes of at least 4 members (excludes halogenated alkanes) is 8. The van der Waals surface area contributed by atoms with Crippen LogP contribution in [0, 0.1) is 0 Å². The molecule has 0 N–H and O–H groups in total. The average molecular weight is 909 g/mol. The van der Waals surface area contributed by atoms with Crippen molar-refractivity contribution in [1.29, 1.82) is 0 Å². The summed E-state index contributed by atoms with van der Waals surface area (Å²) in [5.74, 6) is 0. The first-order chi connectivity index (χ1) is 34.6. The summed E-state index contributed by atoms with van der Waals surface area (Å²) in [4.78, 5) is 0. The molecule has 0 unspecified atom stereocenters. The molecule has 2 aliphatic carbocycles. The molecule has 0 saturated carbocycles. The minimum absolute atomic E-state index is 0.0117. The Labute approximate surface area is 417 Å². The van der Waals surface area contributed by atoms with E-state index in [9.17, 15) is 0 Å². The number of hydrogen-bond acceptors (Lipinski definition) is 0. The van der Waals surface area contributed by atoms with E-state index in [1.54, 1.807) is 0 Å². The molecule has 0 saturated heterocycles. The minimum Gasteiger partial charge on any atom is -0.103 e. The molecular weight excluding hydrogens is 841 g/mol. The first-order valence-electron chi connectivity index (χ1n) is 26.6. The van der Waals surface area contributed by atoms with E-state index in [4.69, 9.17) is 0 Å². The third-order valence-corrected chi connectivity index (χ3v) is 16.9. The fraction of sp³-hybridized carbons (Fsp3) is 0.257. The Morgan fingerprint density at radius 2 is 0.586 bits per heavy atom. The third kappa shape index (κ3) is 7.40. The molecule has 0 spiro atoms. The van der Waals surface area contributed by atoms with E-state index in [0.29, 0.717) is 0 Å². The van der Waals surface area contributed by atoms with Gasteiger partial charge in [-0.1, -0.05) is 196 Å². The number of fused-ring (bicyclic) bond motifs is 8. The van der Waals surface area contributed by atoms with Crippen molar-refractivity contribution in [1.82, 2.24) is 0 Å². The molecule has 0 bridgehead atoms. The largest absolute Gasteiger partial charge is 0.103 e. The van der Waals surface area contributed by atoms with E-state index in [1.165, 1.54) is 161 Å². The summed E-state index contributed by atoms with van der Waals surface area (Å²) >= 11 is 0. The number of benzene rings is 9. The van der Waals surface area contributed by atoms with Crippen LogP contribution in [0.25, 0.3) is 87.6 Å². The predicted octanol–water partition coefficient (Wildman–Crippen LogP) is 20.6. The van der Waals surface area contributed by atoms with Crippen LogP contribution >= 0.6 is 0 Å². The molecule has 0 heterocycles. The maximum absolute atomic E-state index is 4.05. The van der Waals surface area contributed by atoms with Crippen molar-refractivity contribution in [2.24, 2.45) is 0 Å². The summed E-state index contributed by atoms with van der Waals surface area (Å²) in [6.45, 7) is 16.2. The zero-order chi connectivity index (χ0) is 47.7. The zero-order valence-electron chi connectivity index (χ0n) is 41.3. The molecule has 0 nitrogen and oxygen atoms in total. The Morgan fingerprint density at radius 3 is 0.971 bits per heavy atom. The molecule has 9 aromatic rings. The van der Waals surface area contributed by atoms with Gasteiger partial charge in [-0.05, 0) is 187 Å². The number of rotatable bonds is 22. The smallest absolute Gasteiger partial charge is 0.0215 e. The summed E-state index contributed by atoms with van der Waals surface area (Å²) in [6, 6.07) is 57.2. The summed E-state index contributed by atoms with van der Waals surface area (Å²) in [7, 11) is 0. The van der Waals surface area contributed by atoms with Gasteiger partial charge in [0.2, 0.25) is 0 Å². The lowest BCUT2D eigenvalue weighted by Crippen LogP contribution is -2.25. The number of hydrogen-bond donors (Lipinski definition) is 0. The van der Waals surface area contributed by atoms with E-state index in [0.717, 1.165) is 51.4 Å². The van der Waals surface area contributed by atoms with Crippen molar-refractivity contribution < 1.29 is 0 Å². The van der Waals surface area contributed by atoms with Gasteiger partial charge < -0.3 is 0 Å². The molecule has 0 aromatic heterocycles. The standard InChI is InChI=1S/C70H68/c1-5-9-13-21-45-69(46-22-14-10-6-2)61-37-19-17-29-59(61)67-53(35-27-39-63(67)69)49-41-43-57-58-44-42-50(52-32-26-34-56(66(52)58)55-33-25-31-51(49)65(55)57)54-36-28-40-64-68(54)60-30-18-20-38-62(60)70(64,47-23-15-11-7-3)48-24-16-12-8-4/h5-8,17-20,25-44H,1-4,9-16,21-24,45-48H2. The molecule has 0 radical (unpaired) electrons. The van der Waals surface area contributed by atoms with E-state index in [2.05, 4.69) is 196 Å². The summed E-state index contributed by atoms with van der Waals surface area (Å²) in [5.41, 5.74) is 17.1. The van der Waals surface area contributed by atoms with Gasteiger partial charge in [-0.25, -0.2) is 0 Å². The van der Waals surface area contributed by atoms with Crippen LogP contribution in [-0.4, -0.2) is 0 Å². The fourth-order valence-corrected chi connectivity index (χ4v) is 13.8. The van der Waals surface area contributed by atoms with E-state index in [1.807, 2.05) is 0 Å². The van der Waals surface area contributed by atoms with Crippen molar-refractivity contribution in [3.63, 3.8) is 0 Å². The van der Waals surface area contributed by atoms with E-state index >= 15 is 0 Å². The molecular formula is C70H68. The van der Waals surface area contributed by atoms with Gasteiger partial charge >= 0.3 is 0 Å². The van der Waals surface area contributed by atoms with Gasteiger partial charge in [-0.2, -0.15) is 0 Å². The highest BCUT2D eigenvalue weighted by molar-refractivity contribution is 6.35. The van der Waals surface area contributed by atoms with Gasteiger partial charge in [0.15, 0.2) is 0 Å². The zero-order valence-corrected chi connectivity index (χ0v) is 41.3. The molecule has 0 heteroatoms. The highest BCUT2D eigenvalue weighted by Gasteiger charge is 2.44. The lowest BCUT2D eigenvalue weighted by atomic mass is 9.70. The van der Waals surface area contributed by atoms with Crippen LogP contribution in [-0.2, 0) is 10.8 Å². The molecule has 9 aromatic carbocycles. The van der Waals surface area contributed by atoms with Crippen molar-refractivity contribution in [3.05, 3.63) is 218 Å². The second kappa shape index (κ2) is 19.6. The van der Waals surface area contributed by atoms with Crippen LogP contribution in [0.15, 0.2) is 196 Å². The predicted molar refractivity (Wildman–Crippen MR) is 306 cm³/mol. The Hall–Kier alpha value is -6.76. The lowest BCUT2D eigenvalue weighted by Gasteiger charge is -2.33. The van der Waals surface area contributed by atoms with Gasteiger partial charge in [0, 0.05) is 10.8 Å². The third-order valence-electron chi connectivity index (χ3n) is 16.9. The Balaban J connectivity index is 1.07. The molecule has 0 aliphatic heterocycles. The maximum atomic E-state index is 4.05. The molecule has 0 fully saturated rings. The van der Waals surface area contributed by atoms with Crippen molar-refractivity contribution in [3.8, 4) is 44.5 Å². The van der Waals surface area contributed by atoms with Crippen LogP contribution in [0.4, 0.5) is 0 Å². The van der Waals surface area contributed by atoms with Gasteiger partial charge in [0.1, 0.15) is 0 Å². The molecule has 348 valence electrons.